The number of nitrogens with two attached hydrogens (primary N) is 1. The smallest absolute Gasteiger partial charge is 0.127 e. The predicted octanol–water partition coefficient (Wildman–Crippen LogP) is 2.07. The number of benzene rings is 1. The molecule has 1 unspecified atom stereocenters. The van der Waals surface area contributed by atoms with Gasteiger partial charge in [-0.1, -0.05) is 12.2 Å². The fourth-order valence-corrected chi connectivity index (χ4v) is 2.47. The molecule has 1 fully saturated rings. The number of ether oxygens (including phenoxy) is 1. The van der Waals surface area contributed by atoms with E-state index in [2.05, 4.69) is 4.90 Å². The highest BCUT2D eigenvalue weighted by atomic mass is 32.1. The molecule has 1 aliphatic rings. The zero-order valence-corrected chi connectivity index (χ0v) is 11.9. The topological polar surface area (TPSA) is 38.5 Å². The van der Waals surface area contributed by atoms with Crippen LogP contribution in [0.5, 0.6) is 0 Å². The van der Waals surface area contributed by atoms with Gasteiger partial charge >= 0.3 is 0 Å². The van der Waals surface area contributed by atoms with Crippen LogP contribution in [-0.4, -0.2) is 36.2 Å². The van der Waals surface area contributed by atoms with Gasteiger partial charge in [0.25, 0.3) is 0 Å². The van der Waals surface area contributed by atoms with Crippen LogP contribution in [-0.2, 0) is 11.3 Å². The molecule has 3 nitrogen and oxygen atoms in total. The largest absolute Gasteiger partial charge is 0.389 e. The van der Waals surface area contributed by atoms with Gasteiger partial charge in [-0.2, -0.15) is 0 Å². The lowest BCUT2D eigenvalue weighted by atomic mass is 10.1. The van der Waals surface area contributed by atoms with Gasteiger partial charge in [-0.15, -0.1) is 0 Å². The maximum absolute atomic E-state index is 13.8. The molecule has 1 heterocycles. The summed E-state index contributed by atoms with van der Waals surface area (Å²) < 4.78 is 19.3. The van der Waals surface area contributed by atoms with Crippen LogP contribution >= 0.6 is 12.2 Å². The fourth-order valence-electron chi connectivity index (χ4n) is 2.34. The molecule has 2 N–H and O–H groups in total. The summed E-state index contributed by atoms with van der Waals surface area (Å²) in [6.45, 7) is 2.18. The molecule has 1 aromatic rings. The predicted molar refractivity (Wildman–Crippen MR) is 77.6 cm³/mol. The Labute approximate surface area is 118 Å². The summed E-state index contributed by atoms with van der Waals surface area (Å²) in [5.41, 5.74) is 6.89. The van der Waals surface area contributed by atoms with Gasteiger partial charge in [0.15, 0.2) is 0 Å². The summed E-state index contributed by atoms with van der Waals surface area (Å²) in [7, 11) is 1.97. The average Bonchev–Trinajstić information content (AvgIpc) is 2.84. The van der Waals surface area contributed by atoms with E-state index in [9.17, 15) is 4.39 Å². The Morgan fingerprint density at radius 1 is 1.58 bits per heavy atom. The van der Waals surface area contributed by atoms with Crippen molar-refractivity contribution in [3.8, 4) is 0 Å². The van der Waals surface area contributed by atoms with Gasteiger partial charge in [0.1, 0.15) is 10.8 Å². The number of likely N-dealkylation sites (N-methyl/N-ethyl adjacent to an activating group) is 1. The van der Waals surface area contributed by atoms with E-state index >= 15 is 0 Å². The highest BCUT2D eigenvalue weighted by Crippen LogP contribution is 2.16. The minimum Gasteiger partial charge on any atom is -0.389 e. The summed E-state index contributed by atoms with van der Waals surface area (Å²) >= 11 is 4.92. The zero-order chi connectivity index (χ0) is 13.8. The van der Waals surface area contributed by atoms with Crippen molar-refractivity contribution in [2.45, 2.75) is 25.5 Å². The van der Waals surface area contributed by atoms with E-state index in [-0.39, 0.29) is 11.9 Å². The second kappa shape index (κ2) is 6.41. The molecule has 0 saturated carbocycles. The molecule has 1 aliphatic heterocycles. The Morgan fingerprint density at radius 3 is 3.00 bits per heavy atom. The SMILES string of the molecule is CN(Cc1cc(C(N)=S)ccc1F)CC1CCCO1. The van der Waals surface area contributed by atoms with Gasteiger partial charge in [-0.05, 0) is 38.1 Å². The number of hydrogen-bond acceptors (Lipinski definition) is 3. The van der Waals surface area contributed by atoms with Crippen LogP contribution in [0.15, 0.2) is 18.2 Å². The Morgan fingerprint density at radius 2 is 2.37 bits per heavy atom. The third-order valence-corrected chi connectivity index (χ3v) is 3.55. The third-order valence-electron chi connectivity index (χ3n) is 3.31. The van der Waals surface area contributed by atoms with Crippen LogP contribution in [0.3, 0.4) is 0 Å². The van der Waals surface area contributed by atoms with Crippen molar-refractivity contribution < 1.29 is 9.13 Å². The maximum atomic E-state index is 13.8. The van der Waals surface area contributed by atoms with Crippen molar-refractivity contribution in [1.82, 2.24) is 4.90 Å². The molecule has 5 heteroatoms. The quantitative estimate of drug-likeness (QED) is 0.839. The van der Waals surface area contributed by atoms with Gasteiger partial charge in [-0.3, -0.25) is 4.90 Å². The first-order chi connectivity index (χ1) is 9.06. The summed E-state index contributed by atoms with van der Waals surface area (Å²) in [6.07, 6.45) is 2.47. The molecule has 1 saturated heterocycles. The van der Waals surface area contributed by atoms with Crippen molar-refractivity contribution in [2.24, 2.45) is 5.73 Å². The first-order valence-corrected chi connectivity index (χ1v) is 6.85. The molecular weight excluding hydrogens is 263 g/mol. The Bertz CT molecular complexity index is 461. The third kappa shape index (κ3) is 3.96. The number of halogens is 1. The molecule has 0 spiro atoms. The molecule has 0 amide bonds. The van der Waals surface area contributed by atoms with Gasteiger partial charge in [-0.25, -0.2) is 4.39 Å². The lowest BCUT2D eigenvalue weighted by Crippen LogP contribution is -2.28. The van der Waals surface area contributed by atoms with E-state index in [0.717, 1.165) is 26.0 Å². The minimum atomic E-state index is -0.223. The molecule has 0 bridgehead atoms. The van der Waals surface area contributed by atoms with Crippen LogP contribution < -0.4 is 5.73 Å². The molecule has 19 heavy (non-hydrogen) atoms. The van der Waals surface area contributed by atoms with E-state index < -0.39 is 0 Å². The van der Waals surface area contributed by atoms with Gasteiger partial charge in [0.05, 0.1) is 6.10 Å². The standard InChI is InChI=1S/C14H19FN2OS/c1-17(9-12-3-2-6-18-12)8-11-7-10(14(16)19)4-5-13(11)15/h4-5,7,12H,2-3,6,8-9H2,1H3,(H2,16,19). The monoisotopic (exact) mass is 282 g/mol. The highest BCUT2D eigenvalue weighted by molar-refractivity contribution is 7.80. The second-order valence-corrected chi connectivity index (χ2v) is 5.44. The second-order valence-electron chi connectivity index (χ2n) is 5.00. The molecule has 0 aromatic heterocycles. The Balaban J connectivity index is 2.00. The molecule has 1 atom stereocenters. The average molecular weight is 282 g/mol. The lowest BCUT2D eigenvalue weighted by Gasteiger charge is -2.21. The Kier molecular flexibility index (Phi) is 4.85. The van der Waals surface area contributed by atoms with Crippen molar-refractivity contribution in [3.63, 3.8) is 0 Å². The molecule has 0 radical (unpaired) electrons. The van der Waals surface area contributed by atoms with Crippen LogP contribution in [0.2, 0.25) is 0 Å². The first-order valence-electron chi connectivity index (χ1n) is 6.44. The number of thiocarbonyl (C=S) groups is 1. The van der Waals surface area contributed by atoms with Gasteiger partial charge < -0.3 is 10.5 Å². The van der Waals surface area contributed by atoms with Crippen molar-refractivity contribution >= 4 is 17.2 Å². The van der Waals surface area contributed by atoms with Crippen LogP contribution in [0, 0.1) is 5.82 Å². The van der Waals surface area contributed by atoms with Crippen molar-refractivity contribution in [1.29, 1.82) is 0 Å². The molecular formula is C14H19FN2OS. The van der Waals surface area contributed by atoms with E-state index in [1.54, 1.807) is 12.1 Å². The Hall–Kier alpha value is -1.04. The van der Waals surface area contributed by atoms with Gasteiger partial charge in [0, 0.05) is 30.8 Å². The van der Waals surface area contributed by atoms with Crippen LogP contribution in [0.25, 0.3) is 0 Å². The number of nitrogens with zero attached hydrogens (tertiary/aromatic N) is 1. The normalized spacial score (nSPS) is 19.0. The molecule has 2 rings (SSSR count). The minimum absolute atomic E-state index is 0.223. The molecule has 1 aromatic carbocycles. The number of rotatable bonds is 5. The van der Waals surface area contributed by atoms with Gasteiger partial charge in [0.2, 0.25) is 0 Å². The zero-order valence-electron chi connectivity index (χ0n) is 11.1. The highest BCUT2D eigenvalue weighted by Gasteiger charge is 2.18. The first kappa shape index (κ1) is 14.4. The van der Waals surface area contributed by atoms with E-state index in [4.69, 9.17) is 22.7 Å². The summed E-state index contributed by atoms with van der Waals surface area (Å²) in [5.74, 6) is -0.223. The van der Waals surface area contributed by atoms with Crippen LogP contribution in [0.1, 0.15) is 24.0 Å². The van der Waals surface area contributed by atoms with Crippen molar-refractivity contribution in [2.75, 3.05) is 20.2 Å². The van der Waals surface area contributed by atoms with E-state index in [1.165, 1.54) is 6.07 Å². The number of hydrogen-bond donors (Lipinski definition) is 1. The lowest BCUT2D eigenvalue weighted by molar-refractivity contribution is 0.0790. The van der Waals surface area contributed by atoms with E-state index in [0.29, 0.717) is 22.7 Å². The van der Waals surface area contributed by atoms with E-state index in [1.807, 2.05) is 7.05 Å². The van der Waals surface area contributed by atoms with Crippen molar-refractivity contribution in [3.05, 3.63) is 35.1 Å². The molecule has 0 aliphatic carbocycles. The van der Waals surface area contributed by atoms with Crippen LogP contribution in [0.4, 0.5) is 4.39 Å². The summed E-state index contributed by atoms with van der Waals surface area (Å²) in [4.78, 5) is 2.36. The fraction of sp³-hybridized carbons (Fsp3) is 0.500. The summed E-state index contributed by atoms with van der Waals surface area (Å²) in [6, 6.07) is 4.76. The molecule has 104 valence electrons. The maximum Gasteiger partial charge on any atom is 0.127 e. The summed E-state index contributed by atoms with van der Waals surface area (Å²) in [5, 5.41) is 0.